The number of benzene rings is 2. The van der Waals surface area contributed by atoms with Gasteiger partial charge in [0.25, 0.3) is 5.69 Å². The van der Waals surface area contributed by atoms with Crippen LogP contribution in [0.15, 0.2) is 42.5 Å². The Bertz CT molecular complexity index is 614. The monoisotopic (exact) mass is 291 g/mol. The Balaban J connectivity index is 2.12. The lowest BCUT2D eigenvalue weighted by Gasteiger charge is -2.08. The zero-order valence-electron chi connectivity index (χ0n) is 10.7. The Hall–Kier alpha value is -2.11. The third-order valence-corrected chi connectivity index (χ3v) is 3.13. The molecule has 0 fully saturated rings. The van der Waals surface area contributed by atoms with E-state index in [0.29, 0.717) is 23.8 Å². The van der Waals surface area contributed by atoms with E-state index in [9.17, 15) is 10.1 Å². The number of halogens is 1. The van der Waals surface area contributed by atoms with Crippen LogP contribution in [0, 0.1) is 10.1 Å². The summed E-state index contributed by atoms with van der Waals surface area (Å²) < 4.78 is 0. The second-order valence-electron chi connectivity index (χ2n) is 4.29. The second kappa shape index (κ2) is 6.36. The van der Waals surface area contributed by atoms with E-state index in [2.05, 4.69) is 5.32 Å². The maximum absolute atomic E-state index is 11.0. The van der Waals surface area contributed by atoms with E-state index >= 15 is 0 Å². The Labute approximate surface area is 121 Å². The minimum atomic E-state index is -0.453. The Morgan fingerprint density at radius 2 is 1.80 bits per heavy atom. The fourth-order valence-corrected chi connectivity index (χ4v) is 1.96. The van der Waals surface area contributed by atoms with Crippen molar-refractivity contribution in [3.63, 3.8) is 0 Å². The molecule has 0 amide bonds. The van der Waals surface area contributed by atoms with Gasteiger partial charge in [0.2, 0.25) is 0 Å². The zero-order valence-corrected chi connectivity index (χ0v) is 11.4. The summed E-state index contributed by atoms with van der Waals surface area (Å²) >= 11 is 5.77. The summed E-state index contributed by atoms with van der Waals surface area (Å²) in [5.74, 6) is 0. The lowest BCUT2D eigenvalue weighted by atomic mass is 10.1. The van der Waals surface area contributed by atoms with E-state index < -0.39 is 4.92 Å². The van der Waals surface area contributed by atoms with E-state index in [-0.39, 0.29) is 5.69 Å². The maximum atomic E-state index is 11.0. The molecule has 2 aromatic carbocycles. The van der Waals surface area contributed by atoms with Crippen molar-refractivity contribution in [1.82, 2.24) is 0 Å². The van der Waals surface area contributed by atoms with Crippen LogP contribution in [-0.2, 0) is 13.1 Å². The topological polar surface area (TPSA) is 81.2 Å². The number of nitrogens with two attached hydrogens (primary N) is 1. The summed E-state index contributed by atoms with van der Waals surface area (Å²) in [6.45, 7) is 0.990. The van der Waals surface area contributed by atoms with E-state index in [0.717, 1.165) is 11.1 Å². The van der Waals surface area contributed by atoms with Crippen molar-refractivity contribution < 1.29 is 4.92 Å². The summed E-state index contributed by atoms with van der Waals surface area (Å²) in [6.07, 6.45) is 0. The van der Waals surface area contributed by atoms with Crippen LogP contribution < -0.4 is 11.1 Å². The first kappa shape index (κ1) is 14.3. The van der Waals surface area contributed by atoms with Crippen LogP contribution >= 0.6 is 11.6 Å². The van der Waals surface area contributed by atoms with Crippen LogP contribution in [0.3, 0.4) is 0 Å². The molecule has 6 heteroatoms. The molecule has 3 N–H and O–H groups in total. The standard InChI is InChI=1S/C14H14ClN3O2/c15-12-5-6-13(14(7-12)18(19)20)17-9-11-3-1-10(8-16)2-4-11/h1-7,17H,8-9,16H2. The van der Waals surface area contributed by atoms with Gasteiger partial charge in [-0.3, -0.25) is 10.1 Å². The third-order valence-electron chi connectivity index (χ3n) is 2.90. The van der Waals surface area contributed by atoms with Gasteiger partial charge in [-0.15, -0.1) is 0 Å². The molecule has 0 saturated heterocycles. The van der Waals surface area contributed by atoms with Crippen LogP contribution in [0.4, 0.5) is 11.4 Å². The minimum absolute atomic E-state index is 0.0314. The predicted molar refractivity (Wildman–Crippen MR) is 79.8 cm³/mol. The first-order chi connectivity index (χ1) is 9.60. The molecule has 0 radical (unpaired) electrons. The second-order valence-corrected chi connectivity index (χ2v) is 4.73. The Morgan fingerprint density at radius 1 is 1.15 bits per heavy atom. The highest BCUT2D eigenvalue weighted by molar-refractivity contribution is 6.30. The lowest BCUT2D eigenvalue weighted by molar-refractivity contribution is -0.383. The summed E-state index contributed by atoms with van der Waals surface area (Å²) in [4.78, 5) is 10.5. The van der Waals surface area contributed by atoms with Gasteiger partial charge in [0.15, 0.2) is 0 Å². The van der Waals surface area contributed by atoms with Crippen molar-refractivity contribution in [2.24, 2.45) is 5.73 Å². The summed E-state index contributed by atoms with van der Waals surface area (Å²) in [5, 5.41) is 14.3. The fraction of sp³-hybridized carbons (Fsp3) is 0.143. The average Bonchev–Trinajstić information content (AvgIpc) is 2.46. The number of nitro groups is 1. The average molecular weight is 292 g/mol. The van der Waals surface area contributed by atoms with Crippen molar-refractivity contribution in [1.29, 1.82) is 0 Å². The van der Waals surface area contributed by atoms with Crippen molar-refractivity contribution in [2.75, 3.05) is 5.32 Å². The first-order valence-electron chi connectivity index (χ1n) is 6.06. The highest BCUT2D eigenvalue weighted by Crippen LogP contribution is 2.28. The molecule has 2 rings (SSSR count). The molecule has 0 spiro atoms. The minimum Gasteiger partial charge on any atom is -0.375 e. The quantitative estimate of drug-likeness (QED) is 0.654. The molecule has 0 saturated carbocycles. The van der Waals surface area contributed by atoms with Gasteiger partial charge < -0.3 is 11.1 Å². The van der Waals surface area contributed by atoms with Crippen molar-refractivity contribution in [3.8, 4) is 0 Å². The largest absolute Gasteiger partial charge is 0.375 e. The smallest absolute Gasteiger partial charge is 0.293 e. The Kier molecular flexibility index (Phi) is 4.55. The molecule has 0 unspecified atom stereocenters. The lowest BCUT2D eigenvalue weighted by Crippen LogP contribution is -2.03. The molecule has 0 aromatic heterocycles. The van der Waals surface area contributed by atoms with Crippen molar-refractivity contribution in [2.45, 2.75) is 13.1 Å². The van der Waals surface area contributed by atoms with Crippen LogP contribution in [0.5, 0.6) is 0 Å². The molecule has 0 aliphatic heterocycles. The van der Waals surface area contributed by atoms with Crippen LogP contribution in [0.1, 0.15) is 11.1 Å². The zero-order chi connectivity index (χ0) is 14.5. The molecule has 0 heterocycles. The van der Waals surface area contributed by atoms with Gasteiger partial charge in [-0.05, 0) is 23.3 Å². The molecule has 2 aromatic rings. The van der Waals surface area contributed by atoms with E-state index in [1.165, 1.54) is 6.07 Å². The number of nitrogens with zero attached hydrogens (tertiary/aromatic N) is 1. The maximum Gasteiger partial charge on any atom is 0.293 e. The number of hydrogen-bond acceptors (Lipinski definition) is 4. The third kappa shape index (κ3) is 3.46. The fourth-order valence-electron chi connectivity index (χ4n) is 1.80. The van der Waals surface area contributed by atoms with Gasteiger partial charge in [0.1, 0.15) is 5.69 Å². The normalized spacial score (nSPS) is 10.3. The molecule has 20 heavy (non-hydrogen) atoms. The summed E-state index contributed by atoms with van der Waals surface area (Å²) in [6, 6.07) is 12.3. The summed E-state index contributed by atoms with van der Waals surface area (Å²) in [5.41, 5.74) is 8.01. The summed E-state index contributed by atoms with van der Waals surface area (Å²) in [7, 11) is 0. The first-order valence-corrected chi connectivity index (χ1v) is 6.43. The van der Waals surface area contributed by atoms with Crippen LogP contribution in [0.2, 0.25) is 5.02 Å². The van der Waals surface area contributed by atoms with Gasteiger partial charge in [-0.25, -0.2) is 0 Å². The number of nitrogens with one attached hydrogen (secondary N) is 1. The molecular weight excluding hydrogens is 278 g/mol. The highest BCUT2D eigenvalue weighted by atomic mass is 35.5. The van der Waals surface area contributed by atoms with Gasteiger partial charge in [-0.1, -0.05) is 35.9 Å². The molecule has 104 valence electrons. The number of rotatable bonds is 5. The Morgan fingerprint density at radius 3 is 2.40 bits per heavy atom. The van der Waals surface area contributed by atoms with E-state index in [1.807, 2.05) is 24.3 Å². The molecule has 0 aliphatic rings. The molecule has 5 nitrogen and oxygen atoms in total. The van der Waals surface area contributed by atoms with Gasteiger partial charge in [0, 0.05) is 24.2 Å². The van der Waals surface area contributed by atoms with Gasteiger partial charge in [0.05, 0.1) is 4.92 Å². The predicted octanol–water partition coefficient (Wildman–Crippen LogP) is 3.32. The van der Waals surface area contributed by atoms with E-state index in [4.69, 9.17) is 17.3 Å². The van der Waals surface area contributed by atoms with Crippen molar-refractivity contribution in [3.05, 3.63) is 68.7 Å². The van der Waals surface area contributed by atoms with Crippen LogP contribution in [-0.4, -0.2) is 4.92 Å². The number of nitro benzene ring substituents is 1. The van der Waals surface area contributed by atoms with Crippen LogP contribution in [0.25, 0.3) is 0 Å². The SMILES string of the molecule is NCc1ccc(CNc2ccc(Cl)cc2[N+](=O)[O-])cc1. The van der Waals surface area contributed by atoms with Crippen molar-refractivity contribution >= 4 is 23.0 Å². The number of anilines is 1. The molecular formula is C14H14ClN3O2. The van der Waals surface area contributed by atoms with E-state index in [1.54, 1.807) is 12.1 Å². The van der Waals surface area contributed by atoms with Gasteiger partial charge in [-0.2, -0.15) is 0 Å². The highest BCUT2D eigenvalue weighted by Gasteiger charge is 2.13. The van der Waals surface area contributed by atoms with Gasteiger partial charge >= 0.3 is 0 Å². The molecule has 0 bridgehead atoms. The molecule has 0 aliphatic carbocycles. The molecule has 0 atom stereocenters. The number of hydrogen-bond donors (Lipinski definition) is 2.